The molecule has 1 N–H and O–H groups in total. The number of hydrogen-bond donors (Lipinski definition) is 1. The highest BCUT2D eigenvalue weighted by Gasteiger charge is 2.07. The van der Waals surface area contributed by atoms with E-state index in [0.29, 0.717) is 16.3 Å². The predicted octanol–water partition coefficient (Wildman–Crippen LogP) is 3.11. The molecule has 102 valence electrons. The molecule has 0 saturated heterocycles. The lowest BCUT2D eigenvalue weighted by Gasteiger charge is -2.04. The number of methoxy groups -OCH3 is 1. The minimum atomic E-state index is -0.359. The Bertz CT molecular complexity index is 641. The van der Waals surface area contributed by atoms with Crippen molar-refractivity contribution in [1.29, 1.82) is 0 Å². The van der Waals surface area contributed by atoms with Gasteiger partial charge in [0.05, 0.1) is 23.9 Å². The smallest absolute Gasteiger partial charge is 0.272 e. The molecule has 0 unspecified atom stereocenters. The number of nitrogens with zero attached hydrogens (tertiary/aromatic N) is 1. The third-order valence-corrected chi connectivity index (χ3v) is 2.96. The summed E-state index contributed by atoms with van der Waals surface area (Å²) in [7, 11) is 1.58. The number of hydrazone groups is 1. The van der Waals surface area contributed by atoms with Crippen LogP contribution in [0.4, 0.5) is 0 Å². The van der Waals surface area contributed by atoms with Crippen molar-refractivity contribution in [3.05, 3.63) is 64.7 Å². The van der Waals surface area contributed by atoms with Crippen molar-refractivity contribution < 1.29 is 9.53 Å². The van der Waals surface area contributed by atoms with Crippen LogP contribution >= 0.6 is 11.6 Å². The molecule has 0 heterocycles. The standard InChI is InChI=1S/C15H13ClN2O2/c1-20-14-9-5-2-6-11(14)10-17-18-15(19)12-7-3-4-8-13(12)16/h2-10H,1H3,(H,18,19)/b17-10+. The quantitative estimate of drug-likeness (QED) is 0.694. The van der Waals surface area contributed by atoms with E-state index in [1.807, 2.05) is 24.3 Å². The molecular formula is C15H13ClN2O2. The molecule has 0 saturated carbocycles. The molecule has 4 nitrogen and oxygen atoms in total. The summed E-state index contributed by atoms with van der Waals surface area (Å²) in [5.41, 5.74) is 3.58. The fraction of sp³-hybridized carbons (Fsp3) is 0.0667. The lowest BCUT2D eigenvalue weighted by atomic mass is 10.2. The summed E-state index contributed by atoms with van der Waals surface area (Å²) in [6.07, 6.45) is 1.52. The van der Waals surface area contributed by atoms with Gasteiger partial charge in [-0.2, -0.15) is 5.10 Å². The number of rotatable bonds is 4. The van der Waals surface area contributed by atoms with Crippen molar-refractivity contribution in [2.24, 2.45) is 5.10 Å². The molecule has 0 aliphatic heterocycles. The van der Waals surface area contributed by atoms with E-state index >= 15 is 0 Å². The largest absolute Gasteiger partial charge is 0.496 e. The molecule has 0 aliphatic rings. The second-order valence-electron chi connectivity index (χ2n) is 3.92. The first-order valence-electron chi connectivity index (χ1n) is 5.93. The Labute approximate surface area is 122 Å². The van der Waals surface area contributed by atoms with Crippen molar-refractivity contribution in [2.75, 3.05) is 7.11 Å². The lowest BCUT2D eigenvalue weighted by molar-refractivity contribution is 0.0955. The number of amides is 1. The van der Waals surface area contributed by atoms with Gasteiger partial charge >= 0.3 is 0 Å². The first kappa shape index (κ1) is 14.1. The van der Waals surface area contributed by atoms with Gasteiger partial charge in [-0.15, -0.1) is 0 Å². The van der Waals surface area contributed by atoms with E-state index in [4.69, 9.17) is 16.3 Å². The van der Waals surface area contributed by atoms with Crippen LogP contribution in [-0.4, -0.2) is 19.2 Å². The van der Waals surface area contributed by atoms with Crippen LogP contribution in [0.3, 0.4) is 0 Å². The number of carbonyl (C=O) groups excluding carboxylic acids is 1. The SMILES string of the molecule is COc1ccccc1/C=N/NC(=O)c1ccccc1Cl. The van der Waals surface area contributed by atoms with E-state index in [1.54, 1.807) is 31.4 Å². The topological polar surface area (TPSA) is 50.7 Å². The van der Waals surface area contributed by atoms with Crippen molar-refractivity contribution in [2.45, 2.75) is 0 Å². The second-order valence-corrected chi connectivity index (χ2v) is 4.33. The van der Waals surface area contributed by atoms with Gasteiger partial charge in [0, 0.05) is 5.56 Å². The minimum Gasteiger partial charge on any atom is -0.496 e. The number of halogens is 1. The van der Waals surface area contributed by atoms with Gasteiger partial charge in [0.1, 0.15) is 5.75 Å². The van der Waals surface area contributed by atoms with E-state index in [1.165, 1.54) is 6.21 Å². The summed E-state index contributed by atoms with van der Waals surface area (Å²) in [5, 5.41) is 4.29. The van der Waals surface area contributed by atoms with Crippen LogP contribution < -0.4 is 10.2 Å². The van der Waals surface area contributed by atoms with Crippen LogP contribution in [0.1, 0.15) is 15.9 Å². The summed E-state index contributed by atoms with van der Waals surface area (Å²) < 4.78 is 5.18. The van der Waals surface area contributed by atoms with Gasteiger partial charge in [0.15, 0.2) is 0 Å². The number of hydrogen-bond acceptors (Lipinski definition) is 3. The Morgan fingerprint density at radius 2 is 1.90 bits per heavy atom. The first-order chi connectivity index (χ1) is 9.72. The van der Waals surface area contributed by atoms with Crippen LogP contribution in [0, 0.1) is 0 Å². The zero-order valence-corrected chi connectivity index (χ0v) is 11.6. The summed E-state index contributed by atoms with van der Waals surface area (Å²) in [4.78, 5) is 11.9. The number of para-hydroxylation sites is 1. The van der Waals surface area contributed by atoms with Crippen LogP contribution in [0.25, 0.3) is 0 Å². The minimum absolute atomic E-state index is 0.359. The Kier molecular flexibility index (Phi) is 4.74. The monoisotopic (exact) mass is 288 g/mol. The third-order valence-electron chi connectivity index (χ3n) is 2.63. The van der Waals surface area contributed by atoms with Gasteiger partial charge < -0.3 is 4.74 Å². The van der Waals surface area contributed by atoms with Crippen molar-refractivity contribution in [3.63, 3.8) is 0 Å². The molecule has 2 rings (SSSR count). The highest BCUT2D eigenvalue weighted by molar-refractivity contribution is 6.33. The first-order valence-corrected chi connectivity index (χ1v) is 6.31. The van der Waals surface area contributed by atoms with Crippen LogP contribution in [-0.2, 0) is 0 Å². The fourth-order valence-corrected chi connectivity index (χ4v) is 1.86. The Morgan fingerprint density at radius 3 is 2.65 bits per heavy atom. The molecule has 0 atom stereocenters. The van der Waals surface area contributed by atoms with Gasteiger partial charge in [0.25, 0.3) is 5.91 Å². The van der Waals surface area contributed by atoms with Gasteiger partial charge in [-0.05, 0) is 24.3 Å². The Hall–Kier alpha value is -2.33. The molecule has 0 aliphatic carbocycles. The molecule has 20 heavy (non-hydrogen) atoms. The van der Waals surface area contributed by atoms with Gasteiger partial charge in [-0.25, -0.2) is 5.43 Å². The lowest BCUT2D eigenvalue weighted by Crippen LogP contribution is -2.18. The van der Waals surface area contributed by atoms with Crippen molar-refractivity contribution >= 4 is 23.7 Å². The third kappa shape index (κ3) is 3.36. The molecule has 2 aromatic rings. The van der Waals surface area contributed by atoms with Crippen LogP contribution in [0.5, 0.6) is 5.75 Å². The number of nitrogens with one attached hydrogen (secondary N) is 1. The summed E-state index contributed by atoms with van der Waals surface area (Å²) in [6, 6.07) is 14.2. The van der Waals surface area contributed by atoms with E-state index < -0.39 is 0 Å². The Balaban J connectivity index is 2.07. The molecule has 0 fully saturated rings. The molecule has 0 bridgehead atoms. The number of benzene rings is 2. The van der Waals surface area contributed by atoms with Crippen molar-refractivity contribution in [3.8, 4) is 5.75 Å². The average molecular weight is 289 g/mol. The molecule has 0 spiro atoms. The highest BCUT2D eigenvalue weighted by atomic mass is 35.5. The van der Waals surface area contributed by atoms with Crippen LogP contribution in [0.2, 0.25) is 5.02 Å². The molecule has 5 heteroatoms. The van der Waals surface area contributed by atoms with Crippen LogP contribution in [0.15, 0.2) is 53.6 Å². The Morgan fingerprint density at radius 1 is 1.20 bits per heavy atom. The number of ether oxygens (including phenoxy) is 1. The second kappa shape index (κ2) is 6.73. The molecule has 2 aromatic carbocycles. The summed E-state index contributed by atoms with van der Waals surface area (Å²) in [6.45, 7) is 0. The van der Waals surface area contributed by atoms with E-state index in [-0.39, 0.29) is 5.91 Å². The molecule has 0 radical (unpaired) electrons. The normalized spacial score (nSPS) is 10.5. The maximum Gasteiger partial charge on any atom is 0.272 e. The summed E-state index contributed by atoms with van der Waals surface area (Å²) in [5.74, 6) is 0.324. The average Bonchev–Trinajstić information content (AvgIpc) is 2.48. The predicted molar refractivity (Wildman–Crippen MR) is 79.5 cm³/mol. The fourth-order valence-electron chi connectivity index (χ4n) is 1.64. The zero-order valence-electron chi connectivity index (χ0n) is 10.8. The van der Waals surface area contributed by atoms with E-state index in [2.05, 4.69) is 10.5 Å². The highest BCUT2D eigenvalue weighted by Crippen LogP contribution is 2.15. The van der Waals surface area contributed by atoms with E-state index in [0.717, 1.165) is 5.56 Å². The van der Waals surface area contributed by atoms with Gasteiger partial charge in [0.2, 0.25) is 0 Å². The number of carbonyl (C=O) groups is 1. The van der Waals surface area contributed by atoms with Gasteiger partial charge in [-0.3, -0.25) is 4.79 Å². The molecule has 1 amide bonds. The maximum atomic E-state index is 11.9. The van der Waals surface area contributed by atoms with Crippen molar-refractivity contribution in [1.82, 2.24) is 5.43 Å². The molecular weight excluding hydrogens is 276 g/mol. The molecule has 0 aromatic heterocycles. The summed E-state index contributed by atoms with van der Waals surface area (Å²) >= 11 is 5.93. The van der Waals surface area contributed by atoms with Gasteiger partial charge in [-0.1, -0.05) is 35.9 Å². The zero-order chi connectivity index (χ0) is 14.4. The maximum absolute atomic E-state index is 11.9. The van der Waals surface area contributed by atoms with E-state index in [9.17, 15) is 4.79 Å².